The summed E-state index contributed by atoms with van der Waals surface area (Å²) in [7, 11) is 1.54. The van der Waals surface area contributed by atoms with Crippen molar-refractivity contribution >= 4 is 11.8 Å². The van der Waals surface area contributed by atoms with Gasteiger partial charge in [0.25, 0.3) is 5.91 Å². The standard InChI is InChI=1S/C21H26N4O3/c1-15-4-3-5-16(12-15)20(27)24-10-7-21(8-11-24)19-17(22-14-23-19)6-9-25(21)18(26)13-28-2/h3-5,12,14H,6-11,13H2,1-2H3,(H,22,23). The zero-order valence-electron chi connectivity index (χ0n) is 16.4. The van der Waals surface area contributed by atoms with Crippen LogP contribution in [0, 0.1) is 6.92 Å². The minimum atomic E-state index is -0.466. The fourth-order valence-corrected chi connectivity index (χ4v) is 4.59. The molecule has 0 unspecified atom stereocenters. The van der Waals surface area contributed by atoms with Crippen molar-refractivity contribution in [3.63, 3.8) is 0 Å². The van der Waals surface area contributed by atoms with Crippen LogP contribution in [0.2, 0.25) is 0 Å². The van der Waals surface area contributed by atoms with Crippen molar-refractivity contribution in [1.82, 2.24) is 19.8 Å². The number of aromatic nitrogens is 2. The van der Waals surface area contributed by atoms with Gasteiger partial charge in [0.15, 0.2) is 0 Å². The molecular weight excluding hydrogens is 356 g/mol. The Bertz CT molecular complexity index is 883. The maximum Gasteiger partial charge on any atom is 0.253 e. The summed E-state index contributed by atoms with van der Waals surface area (Å²) in [5, 5.41) is 0. The number of amides is 2. The van der Waals surface area contributed by atoms with E-state index in [1.54, 1.807) is 6.33 Å². The van der Waals surface area contributed by atoms with E-state index in [-0.39, 0.29) is 18.4 Å². The Morgan fingerprint density at radius 2 is 2.04 bits per heavy atom. The molecule has 0 atom stereocenters. The topological polar surface area (TPSA) is 78.5 Å². The molecule has 148 valence electrons. The number of methoxy groups -OCH3 is 1. The number of carbonyl (C=O) groups excluding carboxylic acids is 2. The number of aromatic amines is 1. The van der Waals surface area contributed by atoms with Crippen molar-refractivity contribution in [3.8, 4) is 0 Å². The average molecular weight is 382 g/mol. The second-order valence-electron chi connectivity index (χ2n) is 7.65. The number of aryl methyl sites for hydroxylation is 1. The molecule has 2 amide bonds. The molecule has 2 aromatic rings. The molecule has 1 N–H and O–H groups in total. The first-order chi connectivity index (χ1) is 13.5. The van der Waals surface area contributed by atoms with E-state index in [2.05, 4.69) is 9.97 Å². The van der Waals surface area contributed by atoms with Crippen LogP contribution < -0.4 is 0 Å². The number of piperidine rings is 1. The number of likely N-dealkylation sites (tertiary alicyclic amines) is 1. The first kappa shape index (κ1) is 18.7. The molecule has 1 saturated heterocycles. The van der Waals surface area contributed by atoms with Crippen LogP contribution in [-0.2, 0) is 21.5 Å². The number of hydrogen-bond donors (Lipinski definition) is 1. The van der Waals surface area contributed by atoms with Crippen molar-refractivity contribution < 1.29 is 14.3 Å². The summed E-state index contributed by atoms with van der Waals surface area (Å²) in [6.45, 7) is 3.88. The van der Waals surface area contributed by atoms with E-state index in [0.29, 0.717) is 38.0 Å². The lowest BCUT2D eigenvalue weighted by Crippen LogP contribution is -2.59. The number of ether oxygens (including phenoxy) is 1. The Balaban J connectivity index is 1.58. The Kier molecular flexibility index (Phi) is 4.93. The summed E-state index contributed by atoms with van der Waals surface area (Å²) in [4.78, 5) is 37.3. The van der Waals surface area contributed by atoms with Crippen LogP contribution in [0.1, 0.15) is 40.2 Å². The van der Waals surface area contributed by atoms with Gasteiger partial charge in [0.05, 0.1) is 17.6 Å². The van der Waals surface area contributed by atoms with E-state index in [1.165, 1.54) is 7.11 Å². The number of benzene rings is 1. The van der Waals surface area contributed by atoms with Gasteiger partial charge in [0.1, 0.15) is 6.61 Å². The normalized spacial score (nSPS) is 18.2. The zero-order chi connectivity index (χ0) is 19.7. The van der Waals surface area contributed by atoms with Crippen molar-refractivity contribution in [2.45, 2.75) is 31.7 Å². The lowest BCUT2D eigenvalue weighted by atomic mass is 9.78. The number of rotatable bonds is 3. The molecule has 28 heavy (non-hydrogen) atoms. The van der Waals surface area contributed by atoms with Crippen LogP contribution >= 0.6 is 0 Å². The van der Waals surface area contributed by atoms with Gasteiger partial charge in [-0.3, -0.25) is 9.59 Å². The van der Waals surface area contributed by atoms with Gasteiger partial charge in [-0.15, -0.1) is 0 Å². The number of imidazole rings is 1. The molecule has 0 bridgehead atoms. The van der Waals surface area contributed by atoms with Gasteiger partial charge >= 0.3 is 0 Å². The maximum atomic E-state index is 12.9. The summed E-state index contributed by atoms with van der Waals surface area (Å²) in [6.07, 6.45) is 3.83. The molecular formula is C21H26N4O3. The van der Waals surface area contributed by atoms with Gasteiger partial charge in [0, 0.05) is 44.4 Å². The van der Waals surface area contributed by atoms with Crippen molar-refractivity contribution in [2.24, 2.45) is 0 Å². The van der Waals surface area contributed by atoms with Gasteiger partial charge in [-0.05, 0) is 31.9 Å². The third-order valence-electron chi connectivity index (χ3n) is 5.97. The third-order valence-corrected chi connectivity index (χ3v) is 5.97. The first-order valence-corrected chi connectivity index (χ1v) is 9.73. The van der Waals surface area contributed by atoms with Gasteiger partial charge in [-0.1, -0.05) is 17.7 Å². The SMILES string of the molecule is COCC(=O)N1CCc2[nH]cnc2C12CCN(C(=O)c1cccc(C)c1)CC2. The highest BCUT2D eigenvalue weighted by Crippen LogP contribution is 2.42. The molecule has 7 heteroatoms. The van der Waals surface area contributed by atoms with Crippen LogP contribution in [0.3, 0.4) is 0 Å². The van der Waals surface area contributed by atoms with Gasteiger partial charge in [0.2, 0.25) is 5.91 Å². The van der Waals surface area contributed by atoms with Gasteiger partial charge in [-0.25, -0.2) is 4.98 Å². The molecule has 0 saturated carbocycles. The number of H-pyrrole nitrogens is 1. The molecule has 3 heterocycles. The average Bonchev–Trinajstić information content (AvgIpc) is 3.18. The van der Waals surface area contributed by atoms with Crippen molar-refractivity contribution in [3.05, 3.63) is 53.1 Å². The largest absolute Gasteiger partial charge is 0.375 e. The van der Waals surface area contributed by atoms with E-state index in [1.807, 2.05) is 41.0 Å². The van der Waals surface area contributed by atoms with Crippen molar-refractivity contribution in [2.75, 3.05) is 33.4 Å². The minimum absolute atomic E-state index is 0.0189. The molecule has 2 aliphatic heterocycles. The molecule has 7 nitrogen and oxygen atoms in total. The Morgan fingerprint density at radius 3 is 2.75 bits per heavy atom. The minimum Gasteiger partial charge on any atom is -0.375 e. The predicted molar refractivity (Wildman–Crippen MR) is 104 cm³/mol. The fraction of sp³-hybridized carbons (Fsp3) is 0.476. The Hall–Kier alpha value is -2.67. The van der Waals surface area contributed by atoms with Crippen molar-refractivity contribution in [1.29, 1.82) is 0 Å². The lowest BCUT2D eigenvalue weighted by Gasteiger charge is -2.50. The number of nitrogens with one attached hydrogen (secondary N) is 1. The van der Waals surface area contributed by atoms with E-state index >= 15 is 0 Å². The highest BCUT2D eigenvalue weighted by Gasteiger charge is 2.49. The van der Waals surface area contributed by atoms with Crippen LogP contribution in [0.5, 0.6) is 0 Å². The molecule has 0 aliphatic carbocycles. The monoisotopic (exact) mass is 382 g/mol. The van der Waals surface area contributed by atoms with Crippen LogP contribution in [0.4, 0.5) is 0 Å². The van der Waals surface area contributed by atoms with Crippen LogP contribution in [0.15, 0.2) is 30.6 Å². The zero-order valence-corrected chi connectivity index (χ0v) is 16.4. The van der Waals surface area contributed by atoms with E-state index < -0.39 is 5.54 Å². The predicted octanol–water partition coefficient (Wildman–Crippen LogP) is 1.88. The summed E-state index contributed by atoms with van der Waals surface area (Å²) < 4.78 is 5.10. The van der Waals surface area contributed by atoms with E-state index in [0.717, 1.165) is 23.4 Å². The highest BCUT2D eigenvalue weighted by molar-refractivity contribution is 5.94. The smallest absolute Gasteiger partial charge is 0.253 e. The van der Waals surface area contributed by atoms with E-state index in [4.69, 9.17) is 4.74 Å². The molecule has 4 rings (SSSR count). The lowest BCUT2D eigenvalue weighted by molar-refractivity contribution is -0.145. The Morgan fingerprint density at radius 1 is 1.25 bits per heavy atom. The quantitative estimate of drug-likeness (QED) is 0.879. The number of nitrogens with zero attached hydrogens (tertiary/aromatic N) is 3. The van der Waals surface area contributed by atoms with Gasteiger partial charge < -0.3 is 19.5 Å². The Labute approximate surface area is 164 Å². The maximum absolute atomic E-state index is 12.9. The molecule has 1 aromatic heterocycles. The first-order valence-electron chi connectivity index (χ1n) is 9.73. The molecule has 1 spiro atoms. The third kappa shape index (κ3) is 3.09. The summed E-state index contributed by atoms with van der Waals surface area (Å²) in [5.41, 5.74) is 3.37. The number of hydrogen-bond acceptors (Lipinski definition) is 4. The molecule has 0 radical (unpaired) electrons. The second kappa shape index (κ2) is 7.39. The van der Waals surface area contributed by atoms with Gasteiger partial charge in [-0.2, -0.15) is 0 Å². The molecule has 1 fully saturated rings. The van der Waals surface area contributed by atoms with Crippen LogP contribution in [-0.4, -0.2) is 64.9 Å². The summed E-state index contributed by atoms with van der Waals surface area (Å²) >= 11 is 0. The molecule has 2 aliphatic rings. The summed E-state index contributed by atoms with van der Waals surface area (Å²) in [6, 6.07) is 7.69. The van der Waals surface area contributed by atoms with E-state index in [9.17, 15) is 9.59 Å². The fourth-order valence-electron chi connectivity index (χ4n) is 4.59. The number of carbonyl (C=O) groups is 2. The van der Waals surface area contributed by atoms with Crippen LogP contribution in [0.25, 0.3) is 0 Å². The highest BCUT2D eigenvalue weighted by atomic mass is 16.5. The molecule has 1 aromatic carbocycles. The summed E-state index contributed by atoms with van der Waals surface area (Å²) in [5.74, 6) is 0.0287. The second-order valence-corrected chi connectivity index (χ2v) is 7.65. The number of fused-ring (bicyclic) bond motifs is 2.